The molecule has 5 heteroatoms. The van der Waals surface area contributed by atoms with Crippen molar-refractivity contribution in [3.05, 3.63) is 58.3 Å². The number of quaternary nitrogens is 2. The average molecular weight is 402 g/mol. The second kappa shape index (κ2) is 9.21. The monoisotopic (exact) mass is 401 g/mol. The van der Waals surface area contributed by atoms with Gasteiger partial charge < -0.3 is 15.1 Å². The van der Waals surface area contributed by atoms with Gasteiger partial charge in [0.1, 0.15) is 38.8 Å². The van der Waals surface area contributed by atoms with Crippen LogP contribution in [0.25, 0.3) is 0 Å². The lowest BCUT2D eigenvalue weighted by atomic mass is 9.94. The van der Waals surface area contributed by atoms with Crippen LogP contribution in [0.15, 0.2) is 47.8 Å². The third-order valence-corrected chi connectivity index (χ3v) is 6.68. The van der Waals surface area contributed by atoms with E-state index in [4.69, 9.17) is 0 Å². The van der Waals surface area contributed by atoms with Gasteiger partial charge in [0.15, 0.2) is 0 Å². The molecule has 4 nitrogen and oxygen atoms in total. The fraction of sp³-hybridized carbons (Fsp3) is 0.522. The first kappa shape index (κ1) is 21.0. The lowest BCUT2D eigenvalue weighted by Crippen LogP contribution is -3.28. The van der Waals surface area contributed by atoms with Crippen molar-refractivity contribution in [2.45, 2.75) is 46.3 Å². The fourth-order valence-corrected chi connectivity index (χ4v) is 5.06. The first-order valence-corrected chi connectivity index (χ1v) is 11.3. The Morgan fingerprint density at radius 3 is 2.32 bits per heavy atom. The summed E-state index contributed by atoms with van der Waals surface area (Å²) in [6.45, 7) is 13.8. The first-order valence-electron chi connectivity index (χ1n) is 10.4. The quantitative estimate of drug-likeness (QED) is 0.671. The van der Waals surface area contributed by atoms with Crippen molar-refractivity contribution < 1.29 is 14.6 Å². The Hall–Kier alpha value is -1.69. The van der Waals surface area contributed by atoms with Crippen molar-refractivity contribution >= 4 is 17.2 Å². The van der Waals surface area contributed by atoms with Gasteiger partial charge in [-0.05, 0) is 18.4 Å². The molecule has 1 fully saturated rings. The van der Waals surface area contributed by atoms with Crippen LogP contribution in [0.4, 0.5) is 0 Å². The average Bonchev–Trinajstić information content (AvgIpc) is 3.17. The minimum absolute atomic E-state index is 0.121. The summed E-state index contributed by atoms with van der Waals surface area (Å²) in [5, 5.41) is 5.45. The number of amides is 1. The number of thiophene rings is 1. The Bertz CT molecular complexity index is 731. The molecule has 28 heavy (non-hydrogen) atoms. The second-order valence-electron chi connectivity index (χ2n) is 9.08. The molecule has 0 radical (unpaired) electrons. The fourth-order valence-electron chi connectivity index (χ4n) is 4.07. The molecule has 2 atom stereocenters. The zero-order valence-electron chi connectivity index (χ0n) is 17.6. The topological polar surface area (TPSA) is 38.0 Å². The summed E-state index contributed by atoms with van der Waals surface area (Å²) in [4.78, 5) is 17.2. The lowest BCUT2D eigenvalue weighted by molar-refractivity contribution is -1.03. The van der Waals surface area contributed by atoms with E-state index in [1.165, 1.54) is 23.5 Å². The Labute approximate surface area is 173 Å². The number of hydrogen-bond acceptors (Lipinski definition) is 2. The molecule has 1 aromatic heterocycles. The molecule has 1 aromatic carbocycles. The SMILES string of the molecule is C[C@H](NC(=O)C(C)(C)C)[C@H](c1cccs1)[NH+]1CC[NH+](Cc2ccccc2)CC1. The van der Waals surface area contributed by atoms with E-state index < -0.39 is 0 Å². The molecule has 0 spiro atoms. The van der Waals surface area contributed by atoms with Crippen LogP contribution in [0.2, 0.25) is 0 Å². The zero-order chi connectivity index (χ0) is 20.1. The van der Waals surface area contributed by atoms with Crippen molar-refractivity contribution in [2.24, 2.45) is 5.41 Å². The summed E-state index contributed by atoms with van der Waals surface area (Å²) in [5.74, 6) is 0.134. The van der Waals surface area contributed by atoms with Gasteiger partial charge >= 0.3 is 0 Å². The van der Waals surface area contributed by atoms with Crippen molar-refractivity contribution in [1.29, 1.82) is 0 Å². The molecular weight excluding hydrogens is 366 g/mol. The molecule has 152 valence electrons. The van der Waals surface area contributed by atoms with E-state index in [2.05, 4.69) is 60.1 Å². The third-order valence-electron chi connectivity index (χ3n) is 5.73. The largest absolute Gasteiger partial charge is 0.347 e. The molecule has 0 aliphatic carbocycles. The van der Waals surface area contributed by atoms with Gasteiger partial charge in [0.2, 0.25) is 5.91 Å². The Balaban J connectivity index is 1.64. The number of rotatable bonds is 6. The van der Waals surface area contributed by atoms with Gasteiger partial charge in [-0.2, -0.15) is 0 Å². The molecule has 2 aromatic rings. The molecule has 0 bridgehead atoms. The standard InChI is InChI=1S/C23H33N3OS/c1-18(24-22(27)23(2,3)4)21(20-11-8-16-28-20)26-14-12-25(13-15-26)17-19-9-6-5-7-10-19/h5-11,16,18,21H,12-15,17H2,1-4H3,(H,24,27)/p+2/t18-,21+/m0/s1. The summed E-state index contributed by atoms with van der Waals surface area (Å²) >= 11 is 1.81. The molecule has 1 amide bonds. The minimum Gasteiger partial charge on any atom is -0.347 e. The second-order valence-corrected chi connectivity index (χ2v) is 10.1. The van der Waals surface area contributed by atoms with Crippen LogP contribution in [0.1, 0.15) is 44.2 Å². The van der Waals surface area contributed by atoms with Crippen LogP contribution in [0.3, 0.4) is 0 Å². The van der Waals surface area contributed by atoms with Crippen LogP contribution >= 0.6 is 11.3 Å². The van der Waals surface area contributed by atoms with E-state index in [0.29, 0.717) is 6.04 Å². The summed E-state index contributed by atoms with van der Waals surface area (Å²) in [6.07, 6.45) is 0. The highest BCUT2D eigenvalue weighted by atomic mass is 32.1. The molecule has 3 rings (SSSR count). The normalized spacial score (nSPS) is 22.4. The lowest BCUT2D eigenvalue weighted by Gasteiger charge is -2.37. The molecule has 1 saturated heterocycles. The number of hydrogen-bond donors (Lipinski definition) is 3. The van der Waals surface area contributed by atoms with Gasteiger partial charge in [0, 0.05) is 11.0 Å². The Morgan fingerprint density at radius 2 is 1.75 bits per heavy atom. The number of carbonyl (C=O) groups is 1. The van der Waals surface area contributed by atoms with E-state index in [1.54, 1.807) is 9.80 Å². The van der Waals surface area contributed by atoms with E-state index in [0.717, 1.165) is 19.6 Å². The van der Waals surface area contributed by atoms with Crippen LogP contribution in [-0.4, -0.2) is 38.1 Å². The summed E-state index contributed by atoms with van der Waals surface area (Å²) in [6, 6.07) is 15.6. The minimum atomic E-state index is -0.359. The summed E-state index contributed by atoms with van der Waals surface area (Å²) in [7, 11) is 0. The van der Waals surface area contributed by atoms with Gasteiger partial charge in [-0.1, -0.05) is 57.2 Å². The van der Waals surface area contributed by atoms with Gasteiger partial charge in [0.05, 0.1) is 10.9 Å². The first-order chi connectivity index (χ1) is 13.3. The van der Waals surface area contributed by atoms with Gasteiger partial charge in [-0.15, -0.1) is 11.3 Å². The smallest absolute Gasteiger partial charge is 0.225 e. The predicted molar refractivity (Wildman–Crippen MR) is 116 cm³/mol. The van der Waals surface area contributed by atoms with Crippen LogP contribution in [-0.2, 0) is 11.3 Å². The molecule has 0 saturated carbocycles. The summed E-state index contributed by atoms with van der Waals surface area (Å²) in [5.41, 5.74) is 1.06. The molecular formula is C23H35N3OS+2. The zero-order valence-corrected chi connectivity index (χ0v) is 18.4. The van der Waals surface area contributed by atoms with Crippen molar-refractivity contribution in [2.75, 3.05) is 26.2 Å². The molecule has 3 N–H and O–H groups in total. The third kappa shape index (κ3) is 5.43. The van der Waals surface area contributed by atoms with Crippen LogP contribution in [0, 0.1) is 5.41 Å². The van der Waals surface area contributed by atoms with Crippen LogP contribution < -0.4 is 15.1 Å². The van der Waals surface area contributed by atoms with E-state index in [1.807, 2.05) is 32.1 Å². The summed E-state index contributed by atoms with van der Waals surface area (Å²) < 4.78 is 0. The highest BCUT2D eigenvalue weighted by Crippen LogP contribution is 2.21. The van der Waals surface area contributed by atoms with Gasteiger partial charge in [-0.3, -0.25) is 4.79 Å². The van der Waals surface area contributed by atoms with Gasteiger partial charge in [0.25, 0.3) is 0 Å². The molecule has 1 aliphatic heterocycles. The number of benzene rings is 1. The highest BCUT2D eigenvalue weighted by molar-refractivity contribution is 7.10. The Kier molecular flexibility index (Phi) is 6.91. The predicted octanol–water partition coefficient (Wildman–Crippen LogP) is 1.32. The van der Waals surface area contributed by atoms with Gasteiger partial charge in [-0.25, -0.2) is 0 Å². The number of nitrogens with one attached hydrogen (secondary N) is 3. The molecule has 1 aliphatic rings. The van der Waals surface area contributed by atoms with E-state index >= 15 is 0 Å². The Morgan fingerprint density at radius 1 is 1.07 bits per heavy atom. The van der Waals surface area contributed by atoms with E-state index in [9.17, 15) is 4.79 Å². The maximum Gasteiger partial charge on any atom is 0.225 e. The van der Waals surface area contributed by atoms with Crippen molar-refractivity contribution in [3.63, 3.8) is 0 Å². The van der Waals surface area contributed by atoms with Crippen molar-refractivity contribution in [1.82, 2.24) is 5.32 Å². The van der Waals surface area contributed by atoms with E-state index in [-0.39, 0.29) is 17.4 Å². The number of piperazine rings is 1. The highest BCUT2D eigenvalue weighted by Gasteiger charge is 2.36. The van der Waals surface area contributed by atoms with Crippen molar-refractivity contribution in [3.8, 4) is 0 Å². The number of carbonyl (C=O) groups excluding carboxylic acids is 1. The maximum atomic E-state index is 12.6. The molecule has 2 heterocycles. The molecule has 0 unspecified atom stereocenters. The maximum absolute atomic E-state index is 12.6. The van der Waals surface area contributed by atoms with Crippen LogP contribution in [0.5, 0.6) is 0 Å².